The third kappa shape index (κ3) is 3.34. The second-order valence-electron chi connectivity index (χ2n) is 6.41. The van der Waals surface area contributed by atoms with E-state index in [1.807, 2.05) is 17.0 Å². The number of rotatable bonds is 2. The predicted molar refractivity (Wildman–Crippen MR) is 96.8 cm³/mol. The van der Waals surface area contributed by atoms with E-state index < -0.39 is 6.10 Å². The van der Waals surface area contributed by atoms with Crippen molar-refractivity contribution in [1.29, 1.82) is 0 Å². The van der Waals surface area contributed by atoms with Crippen molar-refractivity contribution >= 4 is 23.2 Å². The molecule has 6 heteroatoms. The Morgan fingerprint density at radius 2 is 2.04 bits per heavy atom. The van der Waals surface area contributed by atoms with E-state index in [4.69, 9.17) is 16.3 Å². The number of nitrogens with zero attached hydrogens (tertiary/aromatic N) is 3. The van der Waals surface area contributed by atoms with Crippen LogP contribution in [0.2, 0.25) is 5.02 Å². The van der Waals surface area contributed by atoms with Crippen LogP contribution in [-0.2, 0) is 22.5 Å². The van der Waals surface area contributed by atoms with Crippen molar-refractivity contribution in [1.82, 2.24) is 9.88 Å². The Hall–Kier alpha value is -2.11. The molecule has 0 N–H and O–H groups in total. The van der Waals surface area contributed by atoms with Crippen molar-refractivity contribution < 1.29 is 9.53 Å². The number of morpholine rings is 1. The van der Waals surface area contributed by atoms with Crippen LogP contribution in [0.4, 0.5) is 5.69 Å². The lowest BCUT2D eigenvalue weighted by molar-refractivity contribution is -0.145. The number of ether oxygens (including phenoxy) is 1. The summed E-state index contributed by atoms with van der Waals surface area (Å²) < 4.78 is 5.78. The number of benzene rings is 1. The average molecular weight is 358 g/mol. The second-order valence-corrected chi connectivity index (χ2v) is 6.82. The minimum Gasteiger partial charge on any atom is -0.365 e. The molecule has 1 atom stereocenters. The Bertz CT molecular complexity index is 783. The number of carbonyl (C=O) groups is 1. The maximum atomic E-state index is 13.0. The molecule has 2 aliphatic heterocycles. The van der Waals surface area contributed by atoms with E-state index >= 15 is 0 Å². The molecule has 0 saturated carbocycles. The van der Waals surface area contributed by atoms with E-state index in [1.54, 1.807) is 12.4 Å². The lowest BCUT2D eigenvalue weighted by Gasteiger charge is -2.37. The first-order valence-electron chi connectivity index (χ1n) is 8.54. The predicted octanol–water partition coefficient (Wildman–Crippen LogP) is 2.53. The molecule has 2 aromatic rings. The fraction of sp³-hybridized carbons (Fsp3) is 0.368. The van der Waals surface area contributed by atoms with Gasteiger partial charge in [-0.1, -0.05) is 35.9 Å². The van der Waals surface area contributed by atoms with E-state index in [0.29, 0.717) is 24.7 Å². The molecule has 0 spiro atoms. The summed E-state index contributed by atoms with van der Waals surface area (Å²) in [5.74, 6) is 0.0596. The molecule has 0 bridgehead atoms. The molecule has 1 aromatic heterocycles. The topological polar surface area (TPSA) is 45.7 Å². The molecule has 3 heterocycles. The van der Waals surface area contributed by atoms with Crippen molar-refractivity contribution in [2.75, 3.05) is 31.1 Å². The minimum atomic E-state index is -0.455. The smallest absolute Gasteiger partial charge is 0.253 e. The zero-order chi connectivity index (χ0) is 17.2. The molecule has 1 saturated heterocycles. The standard InChI is InChI=1S/C19H20ClN3O2/c20-16-11-21-7-5-17(16)22-9-10-25-18(13-22)19(24)23-8-6-14-3-1-2-4-15(14)12-23/h1-5,7,11,18H,6,8-10,12-13H2. The van der Waals surface area contributed by atoms with E-state index in [2.05, 4.69) is 28.1 Å². The van der Waals surface area contributed by atoms with Crippen molar-refractivity contribution in [3.8, 4) is 0 Å². The number of hydrogen-bond donors (Lipinski definition) is 0. The van der Waals surface area contributed by atoms with Crippen molar-refractivity contribution in [3.05, 3.63) is 58.9 Å². The largest absolute Gasteiger partial charge is 0.365 e. The minimum absolute atomic E-state index is 0.0596. The highest BCUT2D eigenvalue weighted by Gasteiger charge is 2.32. The van der Waals surface area contributed by atoms with Gasteiger partial charge in [0.05, 0.1) is 23.9 Å². The fourth-order valence-electron chi connectivity index (χ4n) is 3.53. The van der Waals surface area contributed by atoms with Crippen LogP contribution in [0.3, 0.4) is 0 Å². The Kier molecular flexibility index (Phi) is 4.59. The highest BCUT2D eigenvalue weighted by Crippen LogP contribution is 2.27. The summed E-state index contributed by atoms with van der Waals surface area (Å²) in [5, 5.41) is 0.600. The second kappa shape index (κ2) is 7.02. The quantitative estimate of drug-likeness (QED) is 0.828. The zero-order valence-corrected chi connectivity index (χ0v) is 14.7. The maximum absolute atomic E-state index is 13.0. The first kappa shape index (κ1) is 16.4. The number of halogens is 1. The average Bonchev–Trinajstić information content (AvgIpc) is 2.67. The molecule has 1 fully saturated rings. The summed E-state index contributed by atoms with van der Waals surface area (Å²) in [6.45, 7) is 3.15. The number of carbonyl (C=O) groups excluding carboxylic acids is 1. The lowest BCUT2D eigenvalue weighted by atomic mass is 9.99. The van der Waals surface area contributed by atoms with Crippen molar-refractivity contribution in [3.63, 3.8) is 0 Å². The molecule has 25 heavy (non-hydrogen) atoms. The molecular weight excluding hydrogens is 338 g/mol. The molecule has 4 rings (SSSR count). The molecular formula is C19H20ClN3O2. The maximum Gasteiger partial charge on any atom is 0.253 e. The molecule has 0 radical (unpaired) electrons. The van der Waals surface area contributed by atoms with Crippen LogP contribution in [0.15, 0.2) is 42.7 Å². The van der Waals surface area contributed by atoms with Gasteiger partial charge in [-0.15, -0.1) is 0 Å². The summed E-state index contributed by atoms with van der Waals surface area (Å²) in [7, 11) is 0. The number of amides is 1. The van der Waals surface area contributed by atoms with Gasteiger partial charge in [0.15, 0.2) is 6.10 Å². The first-order valence-corrected chi connectivity index (χ1v) is 8.92. The summed E-state index contributed by atoms with van der Waals surface area (Å²) >= 11 is 6.25. The summed E-state index contributed by atoms with van der Waals surface area (Å²) in [6.07, 6.45) is 3.79. The SMILES string of the molecule is O=C(C1CN(c2ccncc2Cl)CCO1)N1CCc2ccccc2C1. The van der Waals surface area contributed by atoms with Gasteiger partial charge in [-0.2, -0.15) is 0 Å². The highest BCUT2D eigenvalue weighted by atomic mass is 35.5. The highest BCUT2D eigenvalue weighted by molar-refractivity contribution is 6.33. The van der Waals surface area contributed by atoms with Crippen LogP contribution < -0.4 is 4.90 Å². The van der Waals surface area contributed by atoms with Gasteiger partial charge in [0.25, 0.3) is 5.91 Å². The molecule has 5 nitrogen and oxygen atoms in total. The van der Waals surface area contributed by atoms with Gasteiger partial charge in [-0.05, 0) is 23.6 Å². The lowest BCUT2D eigenvalue weighted by Crippen LogP contribution is -2.52. The molecule has 0 aliphatic carbocycles. The molecule has 2 aliphatic rings. The molecule has 1 amide bonds. The van der Waals surface area contributed by atoms with E-state index in [0.717, 1.165) is 25.2 Å². The molecule has 1 unspecified atom stereocenters. The summed E-state index contributed by atoms with van der Waals surface area (Å²) in [6, 6.07) is 10.2. The van der Waals surface area contributed by atoms with E-state index in [-0.39, 0.29) is 5.91 Å². The van der Waals surface area contributed by atoms with Crippen LogP contribution >= 0.6 is 11.6 Å². The van der Waals surface area contributed by atoms with Crippen LogP contribution in [0, 0.1) is 0 Å². The van der Waals surface area contributed by atoms with E-state index in [9.17, 15) is 4.79 Å². The Morgan fingerprint density at radius 1 is 1.20 bits per heavy atom. The number of fused-ring (bicyclic) bond motifs is 1. The molecule has 1 aromatic carbocycles. The summed E-state index contributed by atoms with van der Waals surface area (Å²) in [4.78, 5) is 21.0. The Labute approximate surface area is 152 Å². The van der Waals surface area contributed by atoms with Crippen molar-refractivity contribution in [2.24, 2.45) is 0 Å². The van der Waals surface area contributed by atoms with Gasteiger partial charge >= 0.3 is 0 Å². The van der Waals surface area contributed by atoms with Crippen LogP contribution in [0.25, 0.3) is 0 Å². The van der Waals surface area contributed by atoms with Gasteiger partial charge < -0.3 is 14.5 Å². The number of aromatic nitrogens is 1. The van der Waals surface area contributed by atoms with Gasteiger partial charge in [0, 0.05) is 32.0 Å². The van der Waals surface area contributed by atoms with Crippen LogP contribution in [0.5, 0.6) is 0 Å². The Balaban J connectivity index is 1.47. The van der Waals surface area contributed by atoms with E-state index in [1.165, 1.54) is 11.1 Å². The van der Waals surface area contributed by atoms with Gasteiger partial charge in [0.1, 0.15) is 0 Å². The third-order valence-electron chi connectivity index (χ3n) is 4.88. The first-order chi connectivity index (χ1) is 12.2. The number of hydrogen-bond acceptors (Lipinski definition) is 4. The fourth-order valence-corrected chi connectivity index (χ4v) is 3.77. The van der Waals surface area contributed by atoms with Crippen LogP contribution in [-0.4, -0.2) is 48.1 Å². The summed E-state index contributed by atoms with van der Waals surface area (Å²) in [5.41, 5.74) is 3.47. The van der Waals surface area contributed by atoms with Crippen molar-refractivity contribution in [2.45, 2.75) is 19.1 Å². The number of anilines is 1. The third-order valence-corrected chi connectivity index (χ3v) is 5.17. The van der Waals surface area contributed by atoms with Gasteiger partial charge in [-0.3, -0.25) is 9.78 Å². The van der Waals surface area contributed by atoms with Gasteiger partial charge in [-0.25, -0.2) is 0 Å². The zero-order valence-electron chi connectivity index (χ0n) is 13.9. The van der Waals surface area contributed by atoms with Crippen LogP contribution in [0.1, 0.15) is 11.1 Å². The Morgan fingerprint density at radius 3 is 2.88 bits per heavy atom. The normalized spacial score (nSPS) is 20.3. The molecule has 130 valence electrons. The van der Waals surface area contributed by atoms with Gasteiger partial charge in [0.2, 0.25) is 0 Å². The monoisotopic (exact) mass is 357 g/mol. The number of pyridine rings is 1.